The van der Waals surface area contributed by atoms with Crippen molar-refractivity contribution in [3.05, 3.63) is 108 Å². The van der Waals surface area contributed by atoms with E-state index >= 15 is 0 Å². The maximum absolute atomic E-state index is 14.5. The fourth-order valence-corrected chi connectivity index (χ4v) is 10.4. The molecule has 460 valence electrons. The zero-order valence-electron chi connectivity index (χ0n) is 47.7. The topological polar surface area (TPSA) is 371 Å². The van der Waals surface area contributed by atoms with Crippen molar-refractivity contribution < 1.29 is 62.2 Å². The number of hydrogen-bond acceptors (Lipinski definition) is 14. The van der Waals surface area contributed by atoms with E-state index in [0.29, 0.717) is 41.1 Å². The Hall–Kier alpha value is -9.60. The number of halogens is 1. The Bertz CT molecular complexity index is 3440. The van der Waals surface area contributed by atoms with Gasteiger partial charge in [0.2, 0.25) is 23.6 Å². The van der Waals surface area contributed by atoms with Crippen molar-refractivity contribution in [3.63, 3.8) is 0 Å². The van der Waals surface area contributed by atoms with Crippen LogP contribution in [-0.4, -0.2) is 182 Å². The first-order chi connectivity index (χ1) is 41.8. The number of carbonyl (C=O) groups is 11. The molecule has 4 heterocycles. The van der Waals surface area contributed by atoms with Crippen molar-refractivity contribution in [2.75, 3.05) is 101 Å². The maximum Gasteiger partial charge on any atom is 0.415 e. The minimum Gasteiger partial charge on any atom is -0.409 e. The van der Waals surface area contributed by atoms with E-state index in [4.69, 9.17) is 32.5 Å². The summed E-state index contributed by atoms with van der Waals surface area (Å²) >= 11 is 6.56. The summed E-state index contributed by atoms with van der Waals surface area (Å²) in [6.45, 7) is 2.84. The second kappa shape index (κ2) is 30.0. The SMILES string of the molecule is CN1CCN(C(=O)Oc2cc3c(c4ccccc24)[C@H](CCl)CN3C(=O)c2cc3cc(NC(=O)c4ccc(NC(=O)[C@H](CCCNC(N)=O)NC(=O)[C@H](CCCNC(N)=O)NC(=O)CCOCCNC(=O)CCN5C(=O)C=CC5=O)cc4)ccc3[nH]2)CC1. The number of amides is 13. The lowest BCUT2D eigenvalue weighted by Gasteiger charge is -2.31. The van der Waals surface area contributed by atoms with Crippen molar-refractivity contribution in [1.82, 2.24) is 46.3 Å². The molecule has 0 saturated carbocycles. The Morgan fingerprint density at radius 1 is 0.701 bits per heavy atom. The first-order valence-corrected chi connectivity index (χ1v) is 28.9. The molecule has 3 atom stereocenters. The number of piperazine rings is 1. The Labute approximate surface area is 504 Å². The summed E-state index contributed by atoms with van der Waals surface area (Å²) in [6, 6.07) is 18.1. The number of imide groups is 1. The molecule has 8 rings (SSSR count). The van der Waals surface area contributed by atoms with E-state index in [1.807, 2.05) is 31.3 Å². The fraction of sp³-hybridized carbons (Fsp3) is 0.373. The Kier molecular flexibility index (Phi) is 21.8. The van der Waals surface area contributed by atoms with Crippen LogP contribution in [0, 0.1) is 0 Å². The maximum atomic E-state index is 14.5. The second-order valence-electron chi connectivity index (χ2n) is 21.0. The first kappa shape index (κ1) is 63.4. The first-order valence-electron chi connectivity index (χ1n) is 28.3. The van der Waals surface area contributed by atoms with Gasteiger partial charge in [-0.15, -0.1) is 11.6 Å². The number of likely N-dealkylation sites (N-methyl/N-ethyl adjacent to an activating group) is 1. The van der Waals surface area contributed by atoms with E-state index in [0.717, 1.165) is 46.5 Å². The Morgan fingerprint density at radius 3 is 2.02 bits per heavy atom. The number of hydrogen-bond donors (Lipinski definition) is 10. The van der Waals surface area contributed by atoms with E-state index in [2.05, 4.69) is 47.1 Å². The van der Waals surface area contributed by atoms with Crippen LogP contribution in [0.2, 0.25) is 0 Å². The van der Waals surface area contributed by atoms with E-state index in [1.54, 1.807) is 40.1 Å². The van der Waals surface area contributed by atoms with Crippen LogP contribution in [0.4, 0.5) is 31.4 Å². The zero-order valence-corrected chi connectivity index (χ0v) is 48.5. The van der Waals surface area contributed by atoms with Crippen LogP contribution in [-0.2, 0) is 33.5 Å². The number of nitrogens with one attached hydrogen (secondary N) is 8. The molecular formula is C59H69ClN14O13. The number of carbonyl (C=O) groups excluding carboxylic acids is 11. The van der Waals surface area contributed by atoms with Gasteiger partial charge in [0.05, 0.1) is 18.9 Å². The Morgan fingerprint density at radius 2 is 1.36 bits per heavy atom. The minimum atomic E-state index is -1.21. The van der Waals surface area contributed by atoms with Crippen molar-refractivity contribution in [1.29, 1.82) is 0 Å². The molecule has 0 radical (unpaired) electrons. The highest BCUT2D eigenvalue weighted by atomic mass is 35.5. The number of fused-ring (bicyclic) bond motifs is 4. The van der Waals surface area contributed by atoms with Gasteiger partial charge in [0.1, 0.15) is 23.5 Å². The molecule has 0 bridgehead atoms. The molecule has 13 amide bonds. The number of nitrogens with two attached hydrogens (primary N) is 2. The number of rotatable bonds is 27. The number of urea groups is 2. The highest BCUT2D eigenvalue weighted by Gasteiger charge is 2.37. The van der Waals surface area contributed by atoms with E-state index < -0.39 is 71.6 Å². The molecular weight excluding hydrogens is 1150 g/mol. The van der Waals surface area contributed by atoms with Gasteiger partial charge in [-0.1, -0.05) is 24.3 Å². The lowest BCUT2D eigenvalue weighted by atomic mass is 9.95. The van der Waals surface area contributed by atoms with Crippen LogP contribution >= 0.6 is 11.6 Å². The van der Waals surface area contributed by atoms with E-state index in [1.165, 1.54) is 24.3 Å². The summed E-state index contributed by atoms with van der Waals surface area (Å²) in [4.78, 5) is 150. The third-order valence-corrected chi connectivity index (χ3v) is 15.1. The van der Waals surface area contributed by atoms with E-state index in [-0.39, 0.29) is 119 Å². The quantitative estimate of drug-likeness (QED) is 0.0205. The lowest BCUT2D eigenvalue weighted by molar-refractivity contribution is -0.137. The Balaban J connectivity index is 0.864. The van der Waals surface area contributed by atoms with Gasteiger partial charge in [-0.25, -0.2) is 14.4 Å². The molecule has 3 aliphatic heterocycles. The standard InChI is InChI=1S/C59H69ClN14O13/c1-71-24-26-72(27-25-71)59(85)87-47-32-46-52(41-7-3-2-6-40(41)47)37(33-60)34-74(46)56(82)45-31-36-30-39(14-15-42(36)68-45)67-53(79)35-10-12-38(13-11-35)66-54(80)44(9-5-21-65-58(62)84)70-55(81)43(8-4-20-64-57(61)83)69-49(76)19-28-86-29-22-63-48(75)18-23-73-50(77)16-17-51(73)78/h2-3,6-7,10-17,30-32,37,43-44,68H,4-5,8-9,18-29,33-34H2,1H3,(H,63,75)(H,66,80)(H,67,79)(H,69,76)(H,70,81)(H3,61,64,83)(H3,62,65,84)/t37-,43+,44+/m1/s1. The van der Waals surface area contributed by atoms with E-state index in [9.17, 15) is 52.7 Å². The zero-order chi connectivity index (χ0) is 62.1. The third-order valence-electron chi connectivity index (χ3n) is 14.8. The van der Waals surface area contributed by atoms with Gasteiger partial charge in [0.15, 0.2) is 0 Å². The molecule has 5 aromatic rings. The van der Waals surface area contributed by atoms with Crippen LogP contribution in [0.25, 0.3) is 21.7 Å². The average Bonchev–Trinajstić information content (AvgIpc) is 2.06. The summed E-state index contributed by atoms with van der Waals surface area (Å²) < 4.78 is 11.5. The molecule has 28 heteroatoms. The van der Waals surface area contributed by atoms with Gasteiger partial charge in [0.25, 0.3) is 23.6 Å². The number of benzene rings is 4. The molecule has 3 aliphatic rings. The molecule has 1 aromatic heterocycles. The molecule has 0 unspecified atom stereocenters. The van der Waals surface area contributed by atoms with Crippen molar-refractivity contribution in [2.45, 2.75) is 56.5 Å². The predicted octanol–water partition coefficient (Wildman–Crippen LogP) is 2.95. The molecule has 27 nitrogen and oxygen atoms in total. The average molecular weight is 1220 g/mol. The molecule has 12 N–H and O–H groups in total. The van der Waals surface area contributed by atoms with Crippen LogP contribution < -0.4 is 58.3 Å². The largest absolute Gasteiger partial charge is 0.415 e. The van der Waals surface area contributed by atoms with Crippen molar-refractivity contribution in [3.8, 4) is 5.75 Å². The fourth-order valence-electron chi connectivity index (χ4n) is 10.2. The van der Waals surface area contributed by atoms with Gasteiger partial charge in [-0.2, -0.15) is 0 Å². The van der Waals surface area contributed by atoms with Gasteiger partial charge in [0, 0.05) is 135 Å². The van der Waals surface area contributed by atoms with Crippen molar-refractivity contribution in [2.24, 2.45) is 11.5 Å². The monoisotopic (exact) mass is 1220 g/mol. The lowest BCUT2D eigenvalue weighted by Crippen LogP contribution is -2.53. The van der Waals surface area contributed by atoms with Gasteiger partial charge < -0.3 is 77.8 Å². The number of nitrogens with zero attached hydrogens (tertiary/aromatic N) is 4. The van der Waals surface area contributed by atoms with Gasteiger partial charge in [-0.05, 0) is 92.2 Å². The minimum absolute atomic E-state index is 0.00859. The number of alkyl halides is 1. The normalized spacial score (nSPS) is 15.4. The molecule has 0 aliphatic carbocycles. The number of aromatic amines is 1. The smallest absolute Gasteiger partial charge is 0.409 e. The number of H-pyrrole nitrogens is 1. The highest BCUT2D eigenvalue weighted by Crippen LogP contribution is 2.46. The molecule has 0 spiro atoms. The number of anilines is 3. The number of ether oxygens (including phenoxy) is 2. The number of aromatic nitrogens is 1. The summed E-state index contributed by atoms with van der Waals surface area (Å²) in [7, 11) is 2.00. The molecule has 87 heavy (non-hydrogen) atoms. The van der Waals surface area contributed by atoms with Crippen LogP contribution in [0.3, 0.4) is 0 Å². The van der Waals surface area contributed by atoms with Crippen molar-refractivity contribution >= 4 is 116 Å². The van der Waals surface area contributed by atoms with Gasteiger partial charge >= 0.3 is 18.2 Å². The summed E-state index contributed by atoms with van der Waals surface area (Å²) in [5.74, 6) is -3.85. The predicted molar refractivity (Wildman–Crippen MR) is 322 cm³/mol. The van der Waals surface area contributed by atoms with Crippen LogP contribution in [0.1, 0.15) is 70.9 Å². The molecule has 1 fully saturated rings. The molecule has 4 aromatic carbocycles. The third kappa shape index (κ3) is 17.1. The van der Waals surface area contributed by atoms with Gasteiger partial charge in [-0.3, -0.25) is 43.3 Å². The highest BCUT2D eigenvalue weighted by molar-refractivity contribution is 6.19. The summed E-state index contributed by atoms with van der Waals surface area (Å²) in [5.41, 5.74) is 13.7. The molecule has 1 saturated heterocycles. The van der Waals surface area contributed by atoms with Crippen LogP contribution in [0.5, 0.6) is 5.75 Å². The number of primary amides is 2. The van der Waals surface area contributed by atoms with Crippen LogP contribution in [0.15, 0.2) is 91.0 Å². The summed E-state index contributed by atoms with van der Waals surface area (Å²) in [6.07, 6.45) is 1.89. The summed E-state index contributed by atoms with van der Waals surface area (Å²) in [5, 5.41) is 20.6. The second-order valence-corrected chi connectivity index (χ2v) is 21.3.